The van der Waals surface area contributed by atoms with E-state index < -0.39 is 0 Å². The standard InChI is InChI=1S/C15H12N3O/c1-9-6-7-13-12(8-9)18-14(16)10-4-2-3-5-11(10)17-15(18)19-13/h2-8,10,16H,1H3/q+1. The Labute approximate surface area is 109 Å². The third kappa shape index (κ3) is 1.37. The molecule has 1 N–H and O–H groups in total. The van der Waals surface area contributed by atoms with Gasteiger partial charge in [-0.05, 0) is 30.7 Å². The van der Waals surface area contributed by atoms with Crippen molar-refractivity contribution in [3.63, 3.8) is 0 Å². The number of aliphatic imine (C=N–C) groups is 1. The SMILES string of the molecule is Cc1ccc2oc3[n+](c2c1)C(=N)C1C=CC=CC1=N3. The van der Waals surface area contributed by atoms with Crippen LogP contribution < -0.4 is 4.57 Å². The molecule has 4 nitrogen and oxygen atoms in total. The minimum absolute atomic E-state index is 0.0798. The van der Waals surface area contributed by atoms with Gasteiger partial charge in [0.15, 0.2) is 11.1 Å². The van der Waals surface area contributed by atoms with Gasteiger partial charge in [0.1, 0.15) is 11.6 Å². The van der Waals surface area contributed by atoms with Gasteiger partial charge in [0, 0.05) is 0 Å². The normalized spacial score (nSPS) is 20.4. The Hall–Kier alpha value is -2.49. The highest BCUT2D eigenvalue weighted by atomic mass is 16.4. The van der Waals surface area contributed by atoms with E-state index in [2.05, 4.69) is 4.99 Å². The lowest BCUT2D eigenvalue weighted by Crippen LogP contribution is -2.50. The summed E-state index contributed by atoms with van der Waals surface area (Å²) in [5.74, 6) is 0.411. The van der Waals surface area contributed by atoms with E-state index in [1.54, 1.807) is 4.57 Å². The molecule has 1 unspecified atom stereocenters. The fourth-order valence-electron chi connectivity index (χ4n) is 2.56. The first-order chi connectivity index (χ1) is 9.24. The van der Waals surface area contributed by atoms with Gasteiger partial charge in [0.05, 0.1) is 0 Å². The van der Waals surface area contributed by atoms with E-state index in [0.717, 1.165) is 22.4 Å². The van der Waals surface area contributed by atoms with Crippen LogP contribution in [-0.2, 0) is 0 Å². The van der Waals surface area contributed by atoms with E-state index in [4.69, 9.17) is 9.83 Å². The predicted octanol–water partition coefficient (Wildman–Crippen LogP) is 2.68. The number of aromatic nitrogens is 1. The summed E-state index contributed by atoms with van der Waals surface area (Å²) in [6, 6.07) is 6.44. The monoisotopic (exact) mass is 250 g/mol. The van der Waals surface area contributed by atoms with E-state index in [0.29, 0.717) is 11.9 Å². The molecule has 0 saturated heterocycles. The van der Waals surface area contributed by atoms with Crippen molar-refractivity contribution in [2.24, 2.45) is 10.9 Å². The van der Waals surface area contributed by atoms with Gasteiger partial charge in [-0.15, -0.1) is 0 Å². The first-order valence-corrected chi connectivity index (χ1v) is 6.21. The van der Waals surface area contributed by atoms with Crippen LogP contribution in [0.2, 0.25) is 0 Å². The number of fused-ring (bicyclic) bond motifs is 4. The maximum Gasteiger partial charge on any atom is 0.445 e. The number of hydrogen-bond acceptors (Lipinski definition) is 3. The zero-order chi connectivity index (χ0) is 13.0. The highest BCUT2D eigenvalue weighted by Crippen LogP contribution is 2.26. The summed E-state index contributed by atoms with van der Waals surface area (Å²) in [4.78, 5) is 4.52. The summed E-state index contributed by atoms with van der Waals surface area (Å²) >= 11 is 0. The first-order valence-electron chi connectivity index (χ1n) is 6.21. The number of hydrogen-bond donors (Lipinski definition) is 1. The molecule has 1 atom stereocenters. The zero-order valence-electron chi connectivity index (χ0n) is 10.4. The lowest BCUT2D eigenvalue weighted by atomic mass is 9.96. The van der Waals surface area contributed by atoms with Crippen LogP contribution in [0.1, 0.15) is 5.56 Å². The van der Waals surface area contributed by atoms with Crippen molar-refractivity contribution in [1.82, 2.24) is 0 Å². The van der Waals surface area contributed by atoms with Gasteiger partial charge in [0.2, 0.25) is 0 Å². The maximum atomic E-state index is 8.40. The molecule has 0 saturated carbocycles. The Balaban J connectivity index is 2.06. The Kier molecular flexibility index (Phi) is 1.93. The van der Waals surface area contributed by atoms with Gasteiger partial charge >= 0.3 is 6.01 Å². The molecular weight excluding hydrogens is 238 g/mol. The predicted molar refractivity (Wildman–Crippen MR) is 73.1 cm³/mol. The van der Waals surface area contributed by atoms with Crippen LogP contribution in [0, 0.1) is 18.3 Å². The highest BCUT2D eigenvalue weighted by molar-refractivity contribution is 6.13. The number of allylic oxidation sites excluding steroid dienone is 4. The van der Waals surface area contributed by atoms with E-state index >= 15 is 0 Å². The second-order valence-electron chi connectivity index (χ2n) is 4.83. The second kappa shape index (κ2) is 3.51. The summed E-state index contributed by atoms with van der Waals surface area (Å²) in [5.41, 5.74) is 3.68. The van der Waals surface area contributed by atoms with Crippen LogP contribution in [0.5, 0.6) is 0 Å². The Bertz CT molecular complexity index is 808. The molecule has 4 heteroatoms. The van der Waals surface area contributed by atoms with Gasteiger partial charge in [-0.25, -0.2) is 0 Å². The van der Waals surface area contributed by atoms with Crippen molar-refractivity contribution >= 4 is 28.7 Å². The minimum atomic E-state index is -0.0798. The molecule has 0 radical (unpaired) electrons. The van der Waals surface area contributed by atoms with Crippen molar-refractivity contribution in [2.75, 3.05) is 0 Å². The molecule has 2 aliphatic rings. The Morgan fingerprint density at radius 2 is 2.21 bits per heavy atom. The summed E-state index contributed by atoms with van der Waals surface area (Å²) in [6.45, 7) is 2.03. The van der Waals surface area contributed by atoms with Gasteiger partial charge < -0.3 is 4.42 Å². The topological polar surface area (TPSA) is 53.2 Å². The van der Waals surface area contributed by atoms with Crippen molar-refractivity contribution < 1.29 is 8.98 Å². The van der Waals surface area contributed by atoms with E-state index in [1.807, 2.05) is 49.4 Å². The number of nitrogens with zero attached hydrogens (tertiary/aromatic N) is 2. The van der Waals surface area contributed by atoms with Crippen LogP contribution >= 0.6 is 0 Å². The van der Waals surface area contributed by atoms with Crippen molar-refractivity contribution in [2.45, 2.75) is 6.92 Å². The number of oxazole rings is 1. The lowest BCUT2D eigenvalue weighted by molar-refractivity contribution is -0.522. The molecule has 0 bridgehead atoms. The highest BCUT2D eigenvalue weighted by Gasteiger charge is 2.37. The molecule has 0 amide bonds. The Morgan fingerprint density at radius 1 is 1.32 bits per heavy atom. The van der Waals surface area contributed by atoms with Crippen LogP contribution in [0.15, 0.2) is 51.9 Å². The Morgan fingerprint density at radius 3 is 3.11 bits per heavy atom. The maximum absolute atomic E-state index is 8.40. The zero-order valence-corrected chi connectivity index (χ0v) is 10.4. The van der Waals surface area contributed by atoms with Crippen LogP contribution in [0.4, 0.5) is 6.01 Å². The lowest BCUT2D eigenvalue weighted by Gasteiger charge is -2.14. The number of rotatable bonds is 0. The molecule has 1 aromatic carbocycles. The third-order valence-electron chi connectivity index (χ3n) is 3.51. The molecule has 4 rings (SSSR count). The van der Waals surface area contributed by atoms with E-state index in [1.165, 1.54) is 0 Å². The van der Waals surface area contributed by atoms with Crippen molar-refractivity contribution in [1.29, 1.82) is 5.41 Å². The van der Waals surface area contributed by atoms with Crippen LogP contribution in [0.25, 0.3) is 11.1 Å². The molecular formula is C15H12N3O+. The number of nitrogens with one attached hydrogen (secondary N) is 1. The van der Waals surface area contributed by atoms with Gasteiger partial charge in [0.25, 0.3) is 5.84 Å². The van der Waals surface area contributed by atoms with Gasteiger partial charge in [-0.3, -0.25) is 0 Å². The van der Waals surface area contributed by atoms with E-state index in [9.17, 15) is 0 Å². The van der Waals surface area contributed by atoms with Gasteiger partial charge in [-0.1, -0.05) is 29.3 Å². The summed E-state index contributed by atoms with van der Waals surface area (Å²) in [7, 11) is 0. The van der Waals surface area contributed by atoms with Crippen LogP contribution in [-0.4, -0.2) is 11.5 Å². The average Bonchev–Trinajstić information content (AvgIpc) is 2.76. The molecule has 1 aromatic heterocycles. The van der Waals surface area contributed by atoms with Crippen LogP contribution in [0.3, 0.4) is 0 Å². The van der Waals surface area contributed by atoms with Crippen molar-refractivity contribution in [3.05, 3.63) is 48.1 Å². The molecule has 0 fully saturated rings. The largest absolute Gasteiger partial charge is 0.445 e. The fraction of sp³-hybridized carbons (Fsp3) is 0.133. The smallest absolute Gasteiger partial charge is 0.397 e. The molecule has 1 aliphatic carbocycles. The quantitative estimate of drug-likeness (QED) is 0.718. The van der Waals surface area contributed by atoms with Crippen molar-refractivity contribution in [3.8, 4) is 0 Å². The number of aryl methyl sites for hydroxylation is 1. The number of benzene rings is 1. The summed E-state index contributed by atoms with van der Waals surface area (Å²) in [6.07, 6.45) is 7.81. The summed E-state index contributed by atoms with van der Waals surface area (Å²) < 4.78 is 7.53. The molecule has 2 heterocycles. The molecule has 19 heavy (non-hydrogen) atoms. The minimum Gasteiger partial charge on any atom is -0.397 e. The molecule has 92 valence electrons. The second-order valence-corrected chi connectivity index (χ2v) is 4.83. The third-order valence-corrected chi connectivity index (χ3v) is 3.51. The average molecular weight is 250 g/mol. The molecule has 1 aliphatic heterocycles. The molecule has 0 spiro atoms. The first kappa shape index (κ1) is 10.4. The van der Waals surface area contributed by atoms with E-state index in [-0.39, 0.29) is 5.92 Å². The van der Waals surface area contributed by atoms with Gasteiger partial charge in [-0.2, -0.15) is 9.98 Å². The molecule has 2 aromatic rings. The fourth-order valence-corrected chi connectivity index (χ4v) is 2.56. The summed E-state index contributed by atoms with van der Waals surface area (Å²) in [5, 5.41) is 8.40.